The van der Waals surface area contributed by atoms with E-state index in [9.17, 15) is 13.6 Å². The third-order valence-corrected chi connectivity index (χ3v) is 2.88. The SMILES string of the molecule is CCCNC(=O)C(C)Nc1ccc(C(N)=S)c(F)c1F. The van der Waals surface area contributed by atoms with Gasteiger partial charge < -0.3 is 16.4 Å². The quantitative estimate of drug-likeness (QED) is 0.702. The third-order valence-electron chi connectivity index (χ3n) is 2.66. The lowest BCUT2D eigenvalue weighted by Crippen LogP contribution is -2.38. The van der Waals surface area contributed by atoms with Crippen LogP contribution in [0.2, 0.25) is 0 Å². The summed E-state index contributed by atoms with van der Waals surface area (Å²) >= 11 is 4.62. The minimum Gasteiger partial charge on any atom is -0.389 e. The Hall–Kier alpha value is -1.76. The monoisotopic (exact) mass is 301 g/mol. The largest absolute Gasteiger partial charge is 0.389 e. The second-order valence-electron chi connectivity index (χ2n) is 4.31. The molecule has 4 N–H and O–H groups in total. The standard InChI is InChI=1S/C13H17F2N3OS/c1-3-6-17-13(19)7(2)18-9-5-4-8(12(16)20)10(14)11(9)15/h4-5,7,18H,3,6H2,1-2H3,(H2,16,20)(H,17,19). The number of halogens is 2. The highest BCUT2D eigenvalue weighted by atomic mass is 32.1. The normalized spacial score (nSPS) is 11.8. The van der Waals surface area contributed by atoms with Gasteiger partial charge in [0, 0.05) is 12.1 Å². The van der Waals surface area contributed by atoms with E-state index >= 15 is 0 Å². The number of carbonyl (C=O) groups excluding carboxylic acids is 1. The Kier molecular flexibility index (Phi) is 5.82. The Morgan fingerprint density at radius 3 is 2.60 bits per heavy atom. The van der Waals surface area contributed by atoms with Crippen LogP contribution in [0.5, 0.6) is 0 Å². The second kappa shape index (κ2) is 7.14. The maximum atomic E-state index is 13.8. The summed E-state index contributed by atoms with van der Waals surface area (Å²) in [4.78, 5) is 11.4. The van der Waals surface area contributed by atoms with Crippen LogP contribution in [0.1, 0.15) is 25.8 Å². The van der Waals surface area contributed by atoms with Gasteiger partial charge >= 0.3 is 0 Å². The summed E-state index contributed by atoms with van der Waals surface area (Å²) in [6, 6.07) is 1.89. The molecule has 1 atom stereocenters. The minimum absolute atomic E-state index is 0.110. The number of thiocarbonyl (C=S) groups is 1. The molecule has 0 heterocycles. The van der Waals surface area contributed by atoms with Gasteiger partial charge in [-0.3, -0.25) is 4.79 Å². The zero-order valence-electron chi connectivity index (χ0n) is 11.3. The van der Waals surface area contributed by atoms with Crippen molar-refractivity contribution in [2.45, 2.75) is 26.3 Å². The highest BCUT2D eigenvalue weighted by molar-refractivity contribution is 7.80. The van der Waals surface area contributed by atoms with Crippen LogP contribution in [0.4, 0.5) is 14.5 Å². The van der Waals surface area contributed by atoms with Crippen molar-refractivity contribution in [3.8, 4) is 0 Å². The Labute approximate surface area is 121 Å². The number of amides is 1. The van der Waals surface area contributed by atoms with E-state index in [-0.39, 0.29) is 22.1 Å². The van der Waals surface area contributed by atoms with Gasteiger partial charge in [0.05, 0.1) is 5.69 Å². The van der Waals surface area contributed by atoms with Crippen LogP contribution in [0.3, 0.4) is 0 Å². The van der Waals surface area contributed by atoms with Crippen molar-refractivity contribution < 1.29 is 13.6 Å². The highest BCUT2D eigenvalue weighted by Crippen LogP contribution is 2.21. The summed E-state index contributed by atoms with van der Waals surface area (Å²) in [6.45, 7) is 4.01. The number of benzene rings is 1. The second-order valence-corrected chi connectivity index (χ2v) is 4.75. The van der Waals surface area contributed by atoms with Gasteiger partial charge in [0.25, 0.3) is 0 Å². The van der Waals surface area contributed by atoms with E-state index in [1.165, 1.54) is 12.1 Å². The van der Waals surface area contributed by atoms with E-state index < -0.39 is 17.7 Å². The first-order chi connectivity index (χ1) is 9.38. The molecule has 0 fully saturated rings. The minimum atomic E-state index is -1.12. The molecule has 20 heavy (non-hydrogen) atoms. The molecule has 0 aliphatic heterocycles. The Balaban J connectivity index is 2.86. The lowest BCUT2D eigenvalue weighted by molar-refractivity contribution is -0.121. The summed E-state index contributed by atoms with van der Waals surface area (Å²) in [5.41, 5.74) is 5.01. The molecular formula is C13H17F2N3OS. The van der Waals surface area contributed by atoms with Gasteiger partial charge in [0.15, 0.2) is 11.6 Å². The van der Waals surface area contributed by atoms with Gasteiger partial charge in [0.2, 0.25) is 5.91 Å². The van der Waals surface area contributed by atoms with Crippen LogP contribution < -0.4 is 16.4 Å². The Morgan fingerprint density at radius 1 is 1.40 bits per heavy atom. The number of carbonyl (C=O) groups is 1. The van der Waals surface area contributed by atoms with Crippen LogP contribution in [-0.4, -0.2) is 23.5 Å². The van der Waals surface area contributed by atoms with Crippen LogP contribution in [-0.2, 0) is 4.79 Å². The van der Waals surface area contributed by atoms with Gasteiger partial charge in [-0.2, -0.15) is 0 Å². The summed E-state index contributed by atoms with van der Waals surface area (Å²) < 4.78 is 27.5. The predicted molar refractivity (Wildman–Crippen MR) is 78.6 cm³/mol. The number of nitrogens with two attached hydrogens (primary N) is 1. The summed E-state index contributed by atoms with van der Waals surface area (Å²) in [7, 11) is 0. The molecule has 0 radical (unpaired) electrons. The topological polar surface area (TPSA) is 67.2 Å². The molecule has 0 aromatic heterocycles. The first kappa shape index (κ1) is 16.3. The highest BCUT2D eigenvalue weighted by Gasteiger charge is 2.18. The molecule has 0 aliphatic carbocycles. The molecule has 0 bridgehead atoms. The van der Waals surface area contributed by atoms with Gasteiger partial charge in [-0.1, -0.05) is 19.1 Å². The molecule has 1 aromatic carbocycles. The van der Waals surface area contributed by atoms with E-state index in [4.69, 9.17) is 5.73 Å². The average Bonchev–Trinajstić information content (AvgIpc) is 2.40. The molecule has 0 saturated heterocycles. The zero-order chi connectivity index (χ0) is 15.3. The molecule has 0 saturated carbocycles. The molecule has 7 heteroatoms. The fraction of sp³-hybridized carbons (Fsp3) is 0.385. The van der Waals surface area contributed by atoms with Crippen LogP contribution >= 0.6 is 12.2 Å². The Morgan fingerprint density at radius 2 is 2.05 bits per heavy atom. The van der Waals surface area contributed by atoms with Crippen LogP contribution in [0.25, 0.3) is 0 Å². The van der Waals surface area contributed by atoms with Crippen molar-refractivity contribution in [3.63, 3.8) is 0 Å². The fourth-order valence-electron chi connectivity index (χ4n) is 1.55. The van der Waals surface area contributed by atoms with E-state index in [0.717, 1.165) is 6.42 Å². The van der Waals surface area contributed by atoms with Crippen LogP contribution in [0.15, 0.2) is 12.1 Å². The lowest BCUT2D eigenvalue weighted by atomic mass is 10.1. The van der Waals surface area contributed by atoms with Gasteiger partial charge in [-0.05, 0) is 25.5 Å². The van der Waals surface area contributed by atoms with Crippen molar-refractivity contribution in [3.05, 3.63) is 29.3 Å². The van der Waals surface area contributed by atoms with Gasteiger partial charge in [0.1, 0.15) is 11.0 Å². The molecule has 0 aliphatic rings. The smallest absolute Gasteiger partial charge is 0.242 e. The molecule has 110 valence electrons. The number of hydrogen-bond donors (Lipinski definition) is 3. The zero-order valence-corrected chi connectivity index (χ0v) is 12.1. The van der Waals surface area contributed by atoms with Crippen molar-refractivity contribution in [2.24, 2.45) is 5.73 Å². The number of nitrogens with one attached hydrogen (secondary N) is 2. The first-order valence-corrected chi connectivity index (χ1v) is 6.61. The molecule has 1 rings (SSSR count). The summed E-state index contributed by atoms with van der Waals surface area (Å²) in [6.07, 6.45) is 0.796. The predicted octanol–water partition coefficient (Wildman–Crippen LogP) is 1.93. The molecule has 4 nitrogen and oxygen atoms in total. The number of anilines is 1. The Bertz CT molecular complexity index is 523. The maximum absolute atomic E-state index is 13.8. The van der Waals surface area contributed by atoms with E-state index in [2.05, 4.69) is 22.9 Å². The van der Waals surface area contributed by atoms with Crippen molar-refractivity contribution in [2.75, 3.05) is 11.9 Å². The molecular weight excluding hydrogens is 284 g/mol. The third kappa shape index (κ3) is 3.86. The molecule has 1 aromatic rings. The van der Waals surface area contributed by atoms with Crippen molar-refractivity contribution in [1.82, 2.24) is 5.32 Å². The fourth-order valence-corrected chi connectivity index (χ4v) is 1.71. The molecule has 1 amide bonds. The van der Waals surface area contributed by atoms with E-state index in [1.807, 2.05) is 6.92 Å². The summed E-state index contributed by atoms with van der Waals surface area (Å²) in [5, 5.41) is 5.27. The average molecular weight is 301 g/mol. The lowest BCUT2D eigenvalue weighted by Gasteiger charge is -2.16. The first-order valence-electron chi connectivity index (χ1n) is 6.20. The molecule has 1 unspecified atom stereocenters. The maximum Gasteiger partial charge on any atom is 0.242 e. The van der Waals surface area contributed by atoms with Gasteiger partial charge in [-0.25, -0.2) is 8.78 Å². The van der Waals surface area contributed by atoms with Crippen molar-refractivity contribution >= 4 is 28.8 Å². The van der Waals surface area contributed by atoms with E-state index in [1.54, 1.807) is 6.92 Å². The number of rotatable bonds is 6. The van der Waals surface area contributed by atoms with E-state index in [0.29, 0.717) is 6.54 Å². The number of hydrogen-bond acceptors (Lipinski definition) is 3. The molecule has 0 spiro atoms. The summed E-state index contributed by atoms with van der Waals surface area (Å²) in [5.74, 6) is -2.51. The van der Waals surface area contributed by atoms with Crippen LogP contribution in [0, 0.1) is 11.6 Å². The van der Waals surface area contributed by atoms with Crippen molar-refractivity contribution in [1.29, 1.82) is 0 Å². The van der Waals surface area contributed by atoms with Gasteiger partial charge in [-0.15, -0.1) is 0 Å².